The van der Waals surface area contributed by atoms with Gasteiger partial charge in [-0.25, -0.2) is 4.39 Å². The first-order valence-electron chi connectivity index (χ1n) is 5.74. The van der Waals surface area contributed by atoms with Gasteiger partial charge in [-0.2, -0.15) is 0 Å². The van der Waals surface area contributed by atoms with E-state index in [1.54, 1.807) is 18.2 Å². The number of phenolic OH excluding ortho intramolecular Hbond substituents is 1. The highest BCUT2D eigenvalue weighted by molar-refractivity contribution is 7.22. The van der Waals surface area contributed by atoms with Crippen LogP contribution >= 0.6 is 11.3 Å². The summed E-state index contributed by atoms with van der Waals surface area (Å²) in [5.74, 6) is 0.152. The van der Waals surface area contributed by atoms with Crippen LogP contribution in [0.25, 0.3) is 20.5 Å². The van der Waals surface area contributed by atoms with Crippen molar-refractivity contribution in [3.05, 3.63) is 48.3 Å². The smallest absolute Gasteiger partial charge is 0.182 e. The van der Waals surface area contributed by atoms with Gasteiger partial charge >= 0.3 is 0 Å². The Balaban J connectivity index is 2.16. The monoisotopic (exact) mass is 274 g/mol. The fraction of sp³-hybridized carbons (Fsp3) is 0.0667. The Morgan fingerprint density at radius 2 is 1.84 bits per heavy atom. The number of benzene rings is 2. The third kappa shape index (κ3) is 2.04. The minimum absolute atomic E-state index is 0.220. The molecule has 1 aromatic heterocycles. The van der Waals surface area contributed by atoms with Crippen molar-refractivity contribution in [2.45, 2.75) is 0 Å². The molecular formula is C15H11FO2S. The fourth-order valence-electron chi connectivity index (χ4n) is 1.98. The predicted molar refractivity (Wildman–Crippen MR) is 75.4 cm³/mol. The Morgan fingerprint density at radius 3 is 2.53 bits per heavy atom. The maximum Gasteiger partial charge on any atom is 0.182 e. The predicted octanol–water partition coefficient (Wildman–Crippen LogP) is 4.42. The Bertz CT molecular complexity index is 732. The van der Waals surface area contributed by atoms with Gasteiger partial charge in [0.05, 0.1) is 11.8 Å². The van der Waals surface area contributed by atoms with Crippen molar-refractivity contribution >= 4 is 21.4 Å². The summed E-state index contributed by atoms with van der Waals surface area (Å²) >= 11 is 1.38. The van der Waals surface area contributed by atoms with Crippen LogP contribution in [0.15, 0.2) is 42.5 Å². The third-order valence-electron chi connectivity index (χ3n) is 2.96. The zero-order chi connectivity index (χ0) is 13.4. The zero-order valence-electron chi connectivity index (χ0n) is 10.2. The van der Waals surface area contributed by atoms with Gasteiger partial charge in [0.25, 0.3) is 0 Å². The van der Waals surface area contributed by atoms with Gasteiger partial charge in [-0.3, -0.25) is 0 Å². The van der Waals surface area contributed by atoms with E-state index in [0.29, 0.717) is 4.70 Å². The standard InChI is InChI=1S/C15H11FO2S/c1-18-12-7-4-10-8-13(19-15(10)14(12)16)9-2-5-11(17)6-3-9/h2-8,17H,1H3. The zero-order valence-corrected chi connectivity index (χ0v) is 11.0. The second-order valence-corrected chi connectivity index (χ2v) is 5.21. The van der Waals surface area contributed by atoms with Crippen molar-refractivity contribution in [1.82, 2.24) is 0 Å². The number of phenols is 1. The molecule has 0 saturated carbocycles. The van der Waals surface area contributed by atoms with Crippen molar-refractivity contribution in [3.63, 3.8) is 0 Å². The summed E-state index contributed by atoms with van der Waals surface area (Å²) in [5, 5.41) is 10.1. The molecule has 3 aromatic rings. The van der Waals surface area contributed by atoms with Crippen molar-refractivity contribution in [2.24, 2.45) is 0 Å². The Hall–Kier alpha value is -2.07. The van der Waals surface area contributed by atoms with Crippen LogP contribution in [0.4, 0.5) is 4.39 Å². The maximum absolute atomic E-state index is 14.1. The Kier molecular flexibility index (Phi) is 2.87. The fourth-order valence-corrected chi connectivity index (χ4v) is 3.07. The van der Waals surface area contributed by atoms with Crippen LogP contribution in [0.2, 0.25) is 0 Å². The number of halogens is 1. The van der Waals surface area contributed by atoms with Gasteiger partial charge in [0.15, 0.2) is 11.6 Å². The summed E-state index contributed by atoms with van der Waals surface area (Å²) in [6.07, 6.45) is 0. The van der Waals surface area contributed by atoms with E-state index in [4.69, 9.17) is 4.74 Å². The summed E-state index contributed by atoms with van der Waals surface area (Å²) in [4.78, 5) is 0.960. The van der Waals surface area contributed by atoms with E-state index in [1.807, 2.05) is 24.3 Å². The van der Waals surface area contributed by atoms with Crippen molar-refractivity contribution in [1.29, 1.82) is 0 Å². The lowest BCUT2D eigenvalue weighted by molar-refractivity contribution is 0.389. The van der Waals surface area contributed by atoms with E-state index in [-0.39, 0.29) is 17.3 Å². The minimum Gasteiger partial charge on any atom is -0.508 e. The molecule has 1 N–H and O–H groups in total. The third-order valence-corrected chi connectivity index (χ3v) is 4.15. The van der Waals surface area contributed by atoms with Gasteiger partial charge in [0, 0.05) is 4.88 Å². The largest absolute Gasteiger partial charge is 0.508 e. The molecular weight excluding hydrogens is 263 g/mol. The van der Waals surface area contributed by atoms with Gasteiger partial charge in [-0.05, 0) is 53.4 Å². The molecule has 0 radical (unpaired) electrons. The first kappa shape index (κ1) is 12.0. The van der Waals surface area contributed by atoms with Gasteiger partial charge in [-0.1, -0.05) is 0 Å². The number of hydrogen-bond donors (Lipinski definition) is 1. The molecule has 1 heterocycles. The molecule has 2 aromatic carbocycles. The second-order valence-electron chi connectivity index (χ2n) is 4.16. The van der Waals surface area contributed by atoms with Gasteiger partial charge in [0.1, 0.15) is 5.75 Å². The summed E-state index contributed by atoms with van der Waals surface area (Å²) in [5.41, 5.74) is 0.956. The topological polar surface area (TPSA) is 29.5 Å². The van der Waals surface area contributed by atoms with Crippen LogP contribution in [-0.4, -0.2) is 12.2 Å². The number of thiophene rings is 1. The summed E-state index contributed by atoms with van der Waals surface area (Å²) in [7, 11) is 1.46. The molecule has 0 spiro atoms. The summed E-state index contributed by atoms with van der Waals surface area (Å²) in [6, 6.07) is 12.3. The van der Waals surface area contributed by atoms with Crippen molar-refractivity contribution in [3.8, 4) is 21.9 Å². The van der Waals surface area contributed by atoms with Crippen molar-refractivity contribution in [2.75, 3.05) is 7.11 Å². The molecule has 96 valence electrons. The molecule has 19 heavy (non-hydrogen) atoms. The molecule has 3 rings (SSSR count). The van der Waals surface area contributed by atoms with E-state index in [1.165, 1.54) is 18.4 Å². The molecule has 2 nitrogen and oxygen atoms in total. The van der Waals surface area contributed by atoms with Crippen LogP contribution in [0.3, 0.4) is 0 Å². The number of aromatic hydroxyl groups is 1. The highest BCUT2D eigenvalue weighted by Crippen LogP contribution is 2.38. The van der Waals surface area contributed by atoms with Crippen LogP contribution in [-0.2, 0) is 0 Å². The van der Waals surface area contributed by atoms with Crippen molar-refractivity contribution < 1.29 is 14.2 Å². The highest BCUT2D eigenvalue weighted by Gasteiger charge is 2.12. The summed E-state index contributed by atoms with van der Waals surface area (Å²) in [6.45, 7) is 0. The summed E-state index contributed by atoms with van der Waals surface area (Å²) < 4.78 is 19.7. The average molecular weight is 274 g/mol. The average Bonchev–Trinajstić information content (AvgIpc) is 2.85. The van der Waals surface area contributed by atoms with E-state index in [9.17, 15) is 9.50 Å². The van der Waals surface area contributed by atoms with Gasteiger partial charge in [0.2, 0.25) is 0 Å². The first-order chi connectivity index (χ1) is 9.19. The quantitative estimate of drug-likeness (QED) is 0.749. The lowest BCUT2D eigenvalue weighted by Crippen LogP contribution is -1.86. The molecule has 0 atom stereocenters. The number of methoxy groups -OCH3 is 1. The molecule has 0 saturated heterocycles. The van der Waals surface area contributed by atoms with E-state index in [2.05, 4.69) is 0 Å². The molecule has 0 aliphatic heterocycles. The molecule has 0 aliphatic rings. The van der Waals surface area contributed by atoms with E-state index in [0.717, 1.165) is 15.8 Å². The van der Waals surface area contributed by atoms with E-state index >= 15 is 0 Å². The van der Waals surface area contributed by atoms with Gasteiger partial charge < -0.3 is 9.84 Å². The molecule has 0 unspecified atom stereocenters. The number of ether oxygens (including phenoxy) is 1. The van der Waals surface area contributed by atoms with Crippen LogP contribution in [0.1, 0.15) is 0 Å². The number of hydrogen-bond acceptors (Lipinski definition) is 3. The number of fused-ring (bicyclic) bond motifs is 1. The minimum atomic E-state index is -0.324. The first-order valence-corrected chi connectivity index (χ1v) is 6.56. The maximum atomic E-state index is 14.1. The van der Waals surface area contributed by atoms with Gasteiger partial charge in [-0.15, -0.1) is 11.3 Å². The van der Waals surface area contributed by atoms with Crippen LogP contribution < -0.4 is 4.74 Å². The van der Waals surface area contributed by atoms with E-state index < -0.39 is 0 Å². The number of rotatable bonds is 2. The molecule has 0 aliphatic carbocycles. The highest BCUT2D eigenvalue weighted by atomic mass is 32.1. The lowest BCUT2D eigenvalue weighted by Gasteiger charge is -2.00. The molecule has 0 amide bonds. The molecule has 0 bridgehead atoms. The normalized spacial score (nSPS) is 10.8. The SMILES string of the molecule is COc1ccc2cc(-c3ccc(O)cc3)sc2c1F. The van der Waals surface area contributed by atoms with Crippen LogP contribution in [0, 0.1) is 5.82 Å². The molecule has 0 fully saturated rings. The Labute approximate surface area is 113 Å². The van der Waals surface area contributed by atoms with Crippen LogP contribution in [0.5, 0.6) is 11.5 Å². The molecule has 4 heteroatoms. The second kappa shape index (κ2) is 4.55. The Morgan fingerprint density at radius 1 is 1.11 bits per heavy atom. The lowest BCUT2D eigenvalue weighted by atomic mass is 10.1.